The van der Waals surface area contributed by atoms with E-state index in [-0.39, 0.29) is 0 Å². The van der Waals surface area contributed by atoms with Crippen LogP contribution in [0.1, 0.15) is 31.4 Å². The largest absolute Gasteiger partial charge is 0.356 e. The highest BCUT2D eigenvalue weighted by molar-refractivity contribution is 5.80. The second-order valence-electron chi connectivity index (χ2n) is 6.55. The minimum Gasteiger partial charge on any atom is -0.356 e. The Morgan fingerprint density at radius 3 is 2.55 bits per heavy atom. The lowest BCUT2D eigenvalue weighted by Crippen LogP contribution is -2.41. The second-order valence-corrected chi connectivity index (χ2v) is 6.55. The van der Waals surface area contributed by atoms with Gasteiger partial charge < -0.3 is 10.2 Å². The summed E-state index contributed by atoms with van der Waals surface area (Å²) in [6.07, 6.45) is 2.28. The van der Waals surface area contributed by atoms with Crippen molar-refractivity contribution < 1.29 is 0 Å². The van der Waals surface area contributed by atoms with Gasteiger partial charge in [-0.25, -0.2) is 0 Å². The Labute approximate surface area is 123 Å². The molecule has 0 saturated carbocycles. The van der Waals surface area contributed by atoms with E-state index in [1.54, 1.807) is 0 Å². The van der Waals surface area contributed by atoms with E-state index in [4.69, 9.17) is 0 Å². The van der Waals surface area contributed by atoms with Gasteiger partial charge in [0.05, 0.1) is 0 Å². The zero-order chi connectivity index (χ0) is 14.6. The first-order valence-electron chi connectivity index (χ1n) is 7.51. The van der Waals surface area contributed by atoms with Crippen LogP contribution >= 0.6 is 0 Å². The van der Waals surface area contributed by atoms with E-state index in [2.05, 4.69) is 60.2 Å². The molecular formula is C17H27N3. The summed E-state index contributed by atoms with van der Waals surface area (Å²) in [4.78, 5) is 6.78. The summed E-state index contributed by atoms with van der Waals surface area (Å²) in [6, 6.07) is 8.76. The number of guanidine groups is 1. The van der Waals surface area contributed by atoms with Gasteiger partial charge in [-0.3, -0.25) is 4.99 Å². The number of benzene rings is 1. The Morgan fingerprint density at radius 2 is 2.00 bits per heavy atom. The zero-order valence-corrected chi connectivity index (χ0v) is 13.2. The SMILES string of the molecule is CN=C(NCCc1ccc(C)cc1)N1CCC(C)(C)C1. The fraction of sp³-hybridized carbons (Fsp3) is 0.588. The van der Waals surface area contributed by atoms with Crippen molar-refractivity contribution in [1.29, 1.82) is 0 Å². The minimum atomic E-state index is 0.411. The quantitative estimate of drug-likeness (QED) is 0.677. The summed E-state index contributed by atoms with van der Waals surface area (Å²) < 4.78 is 0. The van der Waals surface area contributed by atoms with E-state index in [0.29, 0.717) is 5.41 Å². The van der Waals surface area contributed by atoms with Gasteiger partial charge in [-0.1, -0.05) is 43.7 Å². The van der Waals surface area contributed by atoms with Crippen molar-refractivity contribution in [3.05, 3.63) is 35.4 Å². The highest BCUT2D eigenvalue weighted by Gasteiger charge is 2.30. The molecule has 1 saturated heterocycles. The van der Waals surface area contributed by atoms with Gasteiger partial charge >= 0.3 is 0 Å². The van der Waals surface area contributed by atoms with Crippen LogP contribution in [0.15, 0.2) is 29.3 Å². The molecule has 0 aromatic heterocycles. The molecule has 1 heterocycles. The van der Waals surface area contributed by atoms with Gasteiger partial charge in [0.2, 0.25) is 0 Å². The Hall–Kier alpha value is -1.51. The molecule has 1 aromatic carbocycles. The molecule has 110 valence electrons. The first-order valence-corrected chi connectivity index (χ1v) is 7.51. The molecule has 20 heavy (non-hydrogen) atoms. The molecule has 0 atom stereocenters. The van der Waals surface area contributed by atoms with Crippen LogP contribution in [-0.4, -0.2) is 37.5 Å². The van der Waals surface area contributed by atoms with E-state index < -0.39 is 0 Å². The standard InChI is InChI=1S/C17H27N3/c1-14-5-7-15(8-6-14)9-11-19-16(18-4)20-12-10-17(2,3)13-20/h5-8H,9-13H2,1-4H3,(H,18,19). The van der Waals surface area contributed by atoms with Gasteiger partial charge in [-0.05, 0) is 30.7 Å². The number of hydrogen-bond donors (Lipinski definition) is 1. The van der Waals surface area contributed by atoms with Crippen LogP contribution in [0.2, 0.25) is 0 Å². The summed E-state index contributed by atoms with van der Waals surface area (Å²) in [5.41, 5.74) is 3.10. The number of aryl methyl sites for hydroxylation is 1. The maximum Gasteiger partial charge on any atom is 0.193 e. The van der Waals surface area contributed by atoms with E-state index >= 15 is 0 Å². The molecular weight excluding hydrogens is 246 g/mol. The molecule has 3 nitrogen and oxygen atoms in total. The van der Waals surface area contributed by atoms with Crippen molar-refractivity contribution in [2.45, 2.75) is 33.6 Å². The minimum absolute atomic E-state index is 0.411. The van der Waals surface area contributed by atoms with Gasteiger partial charge in [0.25, 0.3) is 0 Å². The molecule has 0 amide bonds. The fourth-order valence-corrected chi connectivity index (χ4v) is 2.70. The van der Waals surface area contributed by atoms with Gasteiger partial charge in [0, 0.05) is 26.7 Å². The second kappa shape index (κ2) is 6.29. The van der Waals surface area contributed by atoms with Gasteiger partial charge in [-0.15, -0.1) is 0 Å². The van der Waals surface area contributed by atoms with Crippen LogP contribution in [-0.2, 0) is 6.42 Å². The van der Waals surface area contributed by atoms with Crippen LogP contribution in [0.4, 0.5) is 0 Å². The van der Waals surface area contributed by atoms with Crippen molar-refractivity contribution in [2.75, 3.05) is 26.7 Å². The number of rotatable bonds is 3. The average Bonchev–Trinajstić information content (AvgIpc) is 2.77. The lowest BCUT2D eigenvalue weighted by Gasteiger charge is -2.23. The third kappa shape index (κ3) is 3.99. The Kier molecular flexibility index (Phi) is 4.69. The summed E-state index contributed by atoms with van der Waals surface area (Å²) in [7, 11) is 1.87. The fourth-order valence-electron chi connectivity index (χ4n) is 2.70. The molecule has 0 bridgehead atoms. The average molecular weight is 273 g/mol. The molecule has 1 N–H and O–H groups in total. The molecule has 0 spiro atoms. The first-order chi connectivity index (χ1) is 9.50. The van der Waals surface area contributed by atoms with Gasteiger partial charge in [-0.2, -0.15) is 0 Å². The number of nitrogens with zero attached hydrogens (tertiary/aromatic N) is 2. The molecule has 0 aliphatic carbocycles. The van der Waals surface area contributed by atoms with Crippen molar-refractivity contribution in [2.24, 2.45) is 10.4 Å². The highest BCUT2D eigenvalue weighted by atomic mass is 15.3. The van der Waals surface area contributed by atoms with Crippen molar-refractivity contribution in [1.82, 2.24) is 10.2 Å². The smallest absolute Gasteiger partial charge is 0.193 e. The predicted octanol–water partition coefficient (Wildman–Crippen LogP) is 2.84. The monoisotopic (exact) mass is 273 g/mol. The van der Waals surface area contributed by atoms with Gasteiger partial charge in [0.15, 0.2) is 5.96 Å². The summed E-state index contributed by atoms with van der Waals surface area (Å²) >= 11 is 0. The molecule has 1 aromatic rings. The third-order valence-corrected chi connectivity index (χ3v) is 4.01. The summed E-state index contributed by atoms with van der Waals surface area (Å²) in [5.74, 6) is 1.04. The lowest BCUT2D eigenvalue weighted by atomic mass is 9.93. The van der Waals surface area contributed by atoms with Crippen molar-refractivity contribution in [3.63, 3.8) is 0 Å². The van der Waals surface area contributed by atoms with Crippen molar-refractivity contribution >= 4 is 5.96 Å². The van der Waals surface area contributed by atoms with Crippen LogP contribution in [0, 0.1) is 12.3 Å². The maximum absolute atomic E-state index is 4.41. The summed E-state index contributed by atoms with van der Waals surface area (Å²) in [5, 5.41) is 3.49. The summed E-state index contributed by atoms with van der Waals surface area (Å²) in [6.45, 7) is 9.92. The van der Waals surface area contributed by atoms with Crippen molar-refractivity contribution in [3.8, 4) is 0 Å². The maximum atomic E-state index is 4.41. The molecule has 0 radical (unpaired) electrons. The number of hydrogen-bond acceptors (Lipinski definition) is 1. The predicted molar refractivity (Wildman–Crippen MR) is 86.2 cm³/mol. The van der Waals surface area contributed by atoms with E-state index in [0.717, 1.165) is 32.0 Å². The normalized spacial score (nSPS) is 18.4. The molecule has 3 heteroatoms. The zero-order valence-electron chi connectivity index (χ0n) is 13.2. The Balaban J connectivity index is 1.82. The lowest BCUT2D eigenvalue weighted by molar-refractivity contribution is 0.370. The van der Waals surface area contributed by atoms with Crippen LogP contribution in [0.5, 0.6) is 0 Å². The topological polar surface area (TPSA) is 27.6 Å². The van der Waals surface area contributed by atoms with E-state index in [1.807, 2.05) is 7.05 Å². The molecule has 2 rings (SSSR count). The van der Waals surface area contributed by atoms with Crippen LogP contribution in [0.3, 0.4) is 0 Å². The van der Waals surface area contributed by atoms with E-state index in [1.165, 1.54) is 17.5 Å². The molecule has 0 unspecified atom stereocenters. The molecule has 1 aliphatic heterocycles. The molecule has 1 fully saturated rings. The third-order valence-electron chi connectivity index (χ3n) is 4.01. The first kappa shape index (κ1) is 14.9. The van der Waals surface area contributed by atoms with Crippen LogP contribution in [0.25, 0.3) is 0 Å². The number of aliphatic imine (C=N–C) groups is 1. The molecule has 1 aliphatic rings. The van der Waals surface area contributed by atoms with E-state index in [9.17, 15) is 0 Å². The Morgan fingerprint density at radius 1 is 1.30 bits per heavy atom. The van der Waals surface area contributed by atoms with Gasteiger partial charge in [0.1, 0.15) is 0 Å². The number of likely N-dealkylation sites (tertiary alicyclic amines) is 1. The van der Waals surface area contributed by atoms with Crippen LogP contribution < -0.4 is 5.32 Å². The number of nitrogens with one attached hydrogen (secondary N) is 1. The Bertz CT molecular complexity index is 460. The highest BCUT2D eigenvalue weighted by Crippen LogP contribution is 2.28.